The molecule has 0 spiro atoms. The molecule has 0 atom stereocenters. The van der Waals surface area contributed by atoms with Gasteiger partial charge in [0, 0.05) is 5.69 Å². The Morgan fingerprint density at radius 1 is 1.30 bits per heavy atom. The molecule has 0 aliphatic carbocycles. The van der Waals surface area contributed by atoms with Crippen LogP contribution in [0.4, 0.5) is 5.69 Å². The second-order valence-corrected chi connectivity index (χ2v) is 7.95. The van der Waals surface area contributed by atoms with Crippen LogP contribution in [0.1, 0.15) is 20.8 Å². The summed E-state index contributed by atoms with van der Waals surface area (Å²) in [6, 6.07) is 6.59. The van der Waals surface area contributed by atoms with Crippen molar-refractivity contribution in [2.75, 3.05) is 17.1 Å². The van der Waals surface area contributed by atoms with E-state index in [2.05, 4.69) is 4.72 Å². The summed E-state index contributed by atoms with van der Waals surface area (Å²) in [4.78, 5) is 0.264. The third-order valence-corrected chi connectivity index (χ3v) is 4.04. The smallest absolute Gasteiger partial charge is 0.233 e. The summed E-state index contributed by atoms with van der Waals surface area (Å²) in [5, 5.41) is 0. The minimum atomic E-state index is -3.36. The maximum atomic E-state index is 11.9. The van der Waals surface area contributed by atoms with Crippen molar-refractivity contribution in [1.29, 1.82) is 0 Å². The number of hydrogen-bond acceptors (Lipinski definition) is 4. The Hall–Kier alpha value is -1.34. The summed E-state index contributed by atoms with van der Waals surface area (Å²) in [6.07, 6.45) is 0. The third-order valence-electron chi connectivity index (χ3n) is 2.13. The zero-order chi connectivity index (χ0) is 15.4. The number of benzene rings is 1. The number of nitrogens with two attached hydrogens (primary N) is 1. The van der Waals surface area contributed by atoms with E-state index in [1.54, 1.807) is 24.3 Å². The molecule has 0 fully saturated rings. The normalized spacial score (nSPS) is 11.9. The summed E-state index contributed by atoms with van der Waals surface area (Å²) in [5.41, 5.74) is 5.52. The van der Waals surface area contributed by atoms with Crippen molar-refractivity contribution < 1.29 is 13.2 Å². The zero-order valence-electron chi connectivity index (χ0n) is 11.8. The molecule has 0 saturated carbocycles. The lowest BCUT2D eigenvalue weighted by molar-refractivity contribution is 0.377. The molecule has 0 bridgehead atoms. The summed E-state index contributed by atoms with van der Waals surface area (Å²) in [5.74, 6) is 0.635. The van der Waals surface area contributed by atoms with Gasteiger partial charge in [0.05, 0.1) is 5.75 Å². The van der Waals surface area contributed by atoms with E-state index in [0.29, 0.717) is 11.4 Å². The highest BCUT2D eigenvalue weighted by atomic mass is 32.2. The van der Waals surface area contributed by atoms with Crippen LogP contribution in [0, 0.1) is 5.41 Å². The number of thiocarbonyl (C=S) groups is 1. The molecule has 3 N–H and O–H groups in total. The molecule has 1 rings (SSSR count). The highest BCUT2D eigenvalue weighted by Gasteiger charge is 2.21. The minimum Gasteiger partial charge on any atom is -0.487 e. The van der Waals surface area contributed by atoms with Crippen LogP contribution in [0.2, 0.25) is 0 Å². The molecule has 20 heavy (non-hydrogen) atoms. The van der Waals surface area contributed by atoms with E-state index in [9.17, 15) is 8.42 Å². The Labute approximate surface area is 125 Å². The second-order valence-electron chi connectivity index (χ2n) is 5.70. The van der Waals surface area contributed by atoms with Gasteiger partial charge >= 0.3 is 0 Å². The molecular formula is C13H20N2O3S2. The average molecular weight is 316 g/mol. The fourth-order valence-corrected chi connectivity index (χ4v) is 3.33. The Morgan fingerprint density at radius 3 is 2.30 bits per heavy atom. The number of rotatable bonds is 6. The van der Waals surface area contributed by atoms with Crippen molar-refractivity contribution in [2.24, 2.45) is 11.1 Å². The van der Waals surface area contributed by atoms with Crippen LogP contribution in [0.5, 0.6) is 5.75 Å². The van der Waals surface area contributed by atoms with Gasteiger partial charge in [-0.3, -0.25) is 4.72 Å². The van der Waals surface area contributed by atoms with Gasteiger partial charge in [-0.1, -0.05) is 33.0 Å². The Bertz CT molecular complexity index is 560. The topological polar surface area (TPSA) is 81.4 Å². The highest BCUT2D eigenvalue weighted by Crippen LogP contribution is 2.20. The van der Waals surface area contributed by atoms with Crippen LogP contribution in [0.15, 0.2) is 24.3 Å². The molecule has 0 saturated heterocycles. The number of ether oxygens (including phenoxy) is 1. The van der Waals surface area contributed by atoms with Gasteiger partial charge in [-0.2, -0.15) is 0 Å². The Morgan fingerprint density at radius 2 is 1.85 bits per heavy atom. The fraction of sp³-hybridized carbons (Fsp3) is 0.462. The SMILES string of the molecule is CC(C)(C)CS(=O)(=O)Nc1ccc(OCC(N)=S)cc1. The van der Waals surface area contributed by atoms with Crippen molar-refractivity contribution in [3.8, 4) is 5.75 Å². The predicted octanol–water partition coefficient (Wildman–Crippen LogP) is 2.14. The lowest BCUT2D eigenvalue weighted by Crippen LogP contribution is -2.26. The Balaban J connectivity index is 2.68. The van der Waals surface area contributed by atoms with Crippen molar-refractivity contribution in [2.45, 2.75) is 20.8 Å². The van der Waals surface area contributed by atoms with Gasteiger partial charge in [-0.15, -0.1) is 0 Å². The van der Waals surface area contributed by atoms with Gasteiger partial charge in [0.2, 0.25) is 10.0 Å². The van der Waals surface area contributed by atoms with E-state index >= 15 is 0 Å². The van der Waals surface area contributed by atoms with Gasteiger partial charge < -0.3 is 10.5 Å². The molecule has 0 aliphatic rings. The van der Waals surface area contributed by atoms with Crippen molar-refractivity contribution in [3.05, 3.63) is 24.3 Å². The van der Waals surface area contributed by atoms with E-state index in [0.717, 1.165) is 0 Å². The number of hydrogen-bond donors (Lipinski definition) is 2. The van der Waals surface area contributed by atoms with E-state index < -0.39 is 10.0 Å². The first-order valence-electron chi connectivity index (χ1n) is 6.09. The van der Waals surface area contributed by atoms with Crippen LogP contribution >= 0.6 is 12.2 Å². The lowest BCUT2D eigenvalue weighted by atomic mass is 10.0. The largest absolute Gasteiger partial charge is 0.487 e. The van der Waals surface area contributed by atoms with Crippen molar-refractivity contribution in [3.63, 3.8) is 0 Å². The first kappa shape index (κ1) is 16.7. The maximum Gasteiger partial charge on any atom is 0.233 e. The molecule has 0 heterocycles. The maximum absolute atomic E-state index is 11.9. The predicted molar refractivity (Wildman–Crippen MR) is 85.6 cm³/mol. The zero-order valence-corrected chi connectivity index (χ0v) is 13.5. The molecular weight excluding hydrogens is 296 g/mol. The lowest BCUT2D eigenvalue weighted by Gasteiger charge is -2.18. The van der Waals surface area contributed by atoms with Gasteiger partial charge in [0.15, 0.2) is 0 Å². The first-order valence-corrected chi connectivity index (χ1v) is 8.15. The summed E-state index contributed by atoms with van der Waals surface area (Å²) in [7, 11) is -3.36. The molecule has 1 aromatic carbocycles. The molecule has 0 radical (unpaired) electrons. The fourth-order valence-electron chi connectivity index (χ4n) is 1.56. The van der Waals surface area contributed by atoms with E-state index in [1.807, 2.05) is 20.8 Å². The van der Waals surface area contributed by atoms with E-state index in [-0.39, 0.29) is 22.8 Å². The molecule has 0 aliphatic heterocycles. The van der Waals surface area contributed by atoms with Crippen molar-refractivity contribution in [1.82, 2.24) is 0 Å². The van der Waals surface area contributed by atoms with Crippen molar-refractivity contribution >= 4 is 32.9 Å². The van der Waals surface area contributed by atoms with Crippen LogP contribution in [-0.2, 0) is 10.0 Å². The number of sulfonamides is 1. The van der Waals surface area contributed by atoms with Gasteiger partial charge in [-0.05, 0) is 29.7 Å². The monoisotopic (exact) mass is 316 g/mol. The first-order chi connectivity index (χ1) is 9.07. The summed E-state index contributed by atoms with van der Waals surface area (Å²) >= 11 is 4.70. The number of nitrogens with one attached hydrogen (secondary N) is 1. The third kappa shape index (κ3) is 6.72. The summed E-state index contributed by atoms with van der Waals surface area (Å²) in [6.45, 7) is 5.78. The van der Waals surface area contributed by atoms with E-state index in [1.165, 1.54) is 0 Å². The minimum absolute atomic E-state index is 0.0553. The molecule has 0 aromatic heterocycles. The van der Waals surface area contributed by atoms with E-state index in [4.69, 9.17) is 22.7 Å². The molecule has 1 aromatic rings. The highest BCUT2D eigenvalue weighted by molar-refractivity contribution is 7.92. The Kier molecular flexibility index (Phi) is 5.35. The summed E-state index contributed by atoms with van der Waals surface area (Å²) < 4.78 is 31.7. The van der Waals surface area contributed by atoms with Gasteiger partial charge in [-0.25, -0.2) is 8.42 Å². The molecule has 5 nitrogen and oxygen atoms in total. The quantitative estimate of drug-likeness (QED) is 0.786. The van der Waals surface area contributed by atoms with Crippen LogP contribution < -0.4 is 15.2 Å². The molecule has 0 amide bonds. The van der Waals surface area contributed by atoms with Crippen LogP contribution in [-0.4, -0.2) is 25.8 Å². The van der Waals surface area contributed by atoms with Crippen LogP contribution in [0.25, 0.3) is 0 Å². The van der Waals surface area contributed by atoms with Crippen LogP contribution in [0.3, 0.4) is 0 Å². The molecule has 7 heteroatoms. The standard InChI is InChI=1S/C13H20N2O3S2/c1-13(2,3)9-20(16,17)15-10-4-6-11(7-5-10)18-8-12(14)19/h4-7,15H,8-9H2,1-3H3,(H2,14,19). The second kappa shape index (κ2) is 6.41. The molecule has 112 valence electrons. The van der Waals surface area contributed by atoms with Gasteiger partial charge in [0.1, 0.15) is 17.3 Å². The van der Waals surface area contributed by atoms with Gasteiger partial charge in [0.25, 0.3) is 0 Å². The number of anilines is 1. The molecule has 0 unspecified atom stereocenters. The average Bonchev–Trinajstić information content (AvgIpc) is 2.24.